The highest BCUT2D eigenvalue weighted by Crippen LogP contribution is 2.39. The van der Waals surface area contributed by atoms with Crippen molar-refractivity contribution in [2.24, 2.45) is 5.92 Å². The van der Waals surface area contributed by atoms with Crippen LogP contribution in [0.4, 0.5) is 0 Å². The Balaban J connectivity index is 1.55. The number of hydrogen-bond donors (Lipinski definition) is 1. The predicted molar refractivity (Wildman–Crippen MR) is 76.5 cm³/mol. The molecule has 1 N–H and O–H groups in total. The first-order valence-electron chi connectivity index (χ1n) is 7.21. The van der Waals surface area contributed by atoms with E-state index in [1.54, 1.807) is 11.3 Å². The van der Waals surface area contributed by atoms with Gasteiger partial charge in [0.15, 0.2) is 0 Å². The van der Waals surface area contributed by atoms with E-state index in [2.05, 4.69) is 21.7 Å². The van der Waals surface area contributed by atoms with Crippen molar-refractivity contribution in [2.75, 3.05) is 6.54 Å². The molecule has 0 aromatic carbocycles. The van der Waals surface area contributed by atoms with E-state index in [-0.39, 0.29) is 0 Å². The molecular formula is C15H21NO2S. The van der Waals surface area contributed by atoms with Crippen molar-refractivity contribution < 1.29 is 9.90 Å². The second kappa shape index (κ2) is 5.63. The van der Waals surface area contributed by atoms with Gasteiger partial charge in [0.1, 0.15) is 0 Å². The molecule has 2 aliphatic heterocycles. The molecule has 3 rings (SSSR count). The molecule has 104 valence electrons. The van der Waals surface area contributed by atoms with Gasteiger partial charge in [-0.1, -0.05) is 0 Å². The van der Waals surface area contributed by atoms with Crippen molar-refractivity contribution in [1.82, 2.24) is 4.90 Å². The monoisotopic (exact) mass is 279 g/mol. The van der Waals surface area contributed by atoms with E-state index in [0.29, 0.717) is 24.4 Å². The fourth-order valence-corrected chi connectivity index (χ4v) is 4.56. The number of hydrogen-bond acceptors (Lipinski definition) is 3. The van der Waals surface area contributed by atoms with Crippen LogP contribution in [0.2, 0.25) is 0 Å². The summed E-state index contributed by atoms with van der Waals surface area (Å²) in [5.74, 6) is -0.219. The van der Waals surface area contributed by atoms with Gasteiger partial charge >= 0.3 is 5.97 Å². The van der Waals surface area contributed by atoms with Crippen molar-refractivity contribution >= 4 is 17.3 Å². The lowest BCUT2D eigenvalue weighted by Crippen LogP contribution is -2.44. The van der Waals surface area contributed by atoms with Crippen molar-refractivity contribution in [3.63, 3.8) is 0 Å². The van der Waals surface area contributed by atoms with Crippen molar-refractivity contribution in [3.8, 4) is 0 Å². The predicted octanol–water partition coefficient (Wildman–Crippen LogP) is 3.01. The number of carbonyl (C=O) groups is 1. The quantitative estimate of drug-likeness (QED) is 0.900. The van der Waals surface area contributed by atoms with Crippen LogP contribution >= 0.6 is 11.3 Å². The van der Waals surface area contributed by atoms with Gasteiger partial charge in [-0.05, 0) is 60.4 Å². The summed E-state index contributed by atoms with van der Waals surface area (Å²) in [7, 11) is 0. The Hall–Kier alpha value is -0.870. The summed E-state index contributed by atoms with van der Waals surface area (Å²) in [6, 6.07) is 3.49. The van der Waals surface area contributed by atoms with Crippen LogP contribution in [0.25, 0.3) is 0 Å². The van der Waals surface area contributed by atoms with E-state index >= 15 is 0 Å². The third kappa shape index (κ3) is 3.00. The maximum Gasteiger partial charge on any atom is 0.303 e. The van der Waals surface area contributed by atoms with Crippen molar-refractivity contribution in [1.29, 1.82) is 0 Å². The first-order valence-corrected chi connectivity index (χ1v) is 8.15. The molecule has 2 unspecified atom stereocenters. The second-order valence-electron chi connectivity index (χ2n) is 5.94. The van der Waals surface area contributed by atoms with Crippen molar-refractivity contribution in [3.05, 3.63) is 22.4 Å². The molecule has 2 saturated heterocycles. The third-order valence-electron chi connectivity index (χ3n) is 4.68. The summed E-state index contributed by atoms with van der Waals surface area (Å²) in [6.07, 6.45) is 6.22. The maximum atomic E-state index is 10.9. The van der Waals surface area contributed by atoms with E-state index in [4.69, 9.17) is 5.11 Å². The summed E-state index contributed by atoms with van der Waals surface area (Å²) in [5.41, 5.74) is 1.44. The van der Waals surface area contributed by atoms with E-state index in [0.717, 1.165) is 25.8 Å². The zero-order chi connectivity index (χ0) is 13.2. The molecule has 1 aromatic heterocycles. The van der Waals surface area contributed by atoms with Gasteiger partial charge in [-0.15, -0.1) is 0 Å². The van der Waals surface area contributed by atoms with Crippen LogP contribution in [0.3, 0.4) is 0 Å². The molecule has 0 radical (unpaired) electrons. The Kier molecular flexibility index (Phi) is 3.89. The SMILES string of the molecule is O=C(O)CC1CC2CCC(C1)N2CCc1ccsc1. The molecule has 0 spiro atoms. The Morgan fingerprint density at radius 3 is 2.68 bits per heavy atom. The average molecular weight is 279 g/mol. The second-order valence-corrected chi connectivity index (χ2v) is 6.72. The molecule has 2 bridgehead atoms. The summed E-state index contributed by atoms with van der Waals surface area (Å²) >= 11 is 1.77. The Bertz CT molecular complexity index is 417. The molecule has 1 aromatic rings. The Morgan fingerprint density at radius 2 is 2.11 bits per heavy atom. The Morgan fingerprint density at radius 1 is 1.37 bits per heavy atom. The Labute approximate surface area is 118 Å². The van der Waals surface area contributed by atoms with E-state index in [1.807, 2.05) is 0 Å². The van der Waals surface area contributed by atoms with Gasteiger partial charge in [0.25, 0.3) is 0 Å². The molecule has 19 heavy (non-hydrogen) atoms. The first-order chi connectivity index (χ1) is 9.22. The highest BCUT2D eigenvalue weighted by atomic mass is 32.1. The van der Waals surface area contributed by atoms with Crippen LogP contribution in [-0.2, 0) is 11.2 Å². The van der Waals surface area contributed by atoms with Crippen LogP contribution in [0, 0.1) is 5.92 Å². The molecule has 4 heteroatoms. The van der Waals surface area contributed by atoms with Crippen LogP contribution < -0.4 is 0 Å². The molecule has 2 aliphatic rings. The summed E-state index contributed by atoms with van der Waals surface area (Å²) in [6.45, 7) is 1.14. The largest absolute Gasteiger partial charge is 0.481 e. The number of nitrogens with zero attached hydrogens (tertiary/aromatic N) is 1. The topological polar surface area (TPSA) is 40.5 Å². The number of piperidine rings is 1. The van der Waals surface area contributed by atoms with E-state index in [9.17, 15) is 4.79 Å². The lowest BCUT2D eigenvalue weighted by atomic mass is 9.88. The fraction of sp³-hybridized carbons (Fsp3) is 0.667. The fourth-order valence-electron chi connectivity index (χ4n) is 3.86. The number of thiophene rings is 1. The lowest BCUT2D eigenvalue weighted by Gasteiger charge is -2.38. The maximum absolute atomic E-state index is 10.9. The van der Waals surface area contributed by atoms with Crippen LogP contribution in [0.1, 0.15) is 37.7 Å². The highest BCUT2D eigenvalue weighted by molar-refractivity contribution is 7.07. The number of carboxylic acid groups (broad SMARTS) is 1. The standard InChI is InChI=1S/C15H21NO2S/c17-15(18)9-12-7-13-1-2-14(8-12)16(13)5-3-11-4-6-19-10-11/h4,6,10,12-14H,1-3,5,7-9H2,(H,17,18). The van der Waals surface area contributed by atoms with Crippen LogP contribution in [0.5, 0.6) is 0 Å². The van der Waals surface area contributed by atoms with Gasteiger partial charge < -0.3 is 5.11 Å². The van der Waals surface area contributed by atoms with Crippen LogP contribution in [0.15, 0.2) is 16.8 Å². The minimum atomic E-state index is -0.629. The number of fused-ring (bicyclic) bond motifs is 2. The zero-order valence-electron chi connectivity index (χ0n) is 11.1. The summed E-state index contributed by atoms with van der Waals surface area (Å²) < 4.78 is 0. The molecular weight excluding hydrogens is 258 g/mol. The summed E-state index contributed by atoms with van der Waals surface area (Å²) in [4.78, 5) is 13.5. The van der Waals surface area contributed by atoms with Gasteiger partial charge in [-0.3, -0.25) is 9.69 Å². The molecule has 2 atom stereocenters. The first kappa shape index (κ1) is 13.1. The number of rotatable bonds is 5. The van der Waals surface area contributed by atoms with Gasteiger partial charge in [0.2, 0.25) is 0 Å². The molecule has 0 saturated carbocycles. The van der Waals surface area contributed by atoms with E-state index < -0.39 is 5.97 Å². The minimum absolute atomic E-state index is 0.366. The molecule has 0 amide bonds. The zero-order valence-corrected chi connectivity index (χ0v) is 11.9. The summed E-state index contributed by atoms with van der Waals surface area (Å²) in [5, 5.41) is 13.3. The third-order valence-corrected chi connectivity index (χ3v) is 5.42. The normalized spacial score (nSPS) is 30.6. The minimum Gasteiger partial charge on any atom is -0.481 e. The smallest absolute Gasteiger partial charge is 0.303 e. The highest BCUT2D eigenvalue weighted by Gasteiger charge is 2.40. The number of aliphatic carboxylic acids is 1. The van der Waals surface area contributed by atoms with Crippen molar-refractivity contribution in [2.45, 2.75) is 50.6 Å². The van der Waals surface area contributed by atoms with E-state index in [1.165, 1.54) is 18.4 Å². The van der Waals surface area contributed by atoms with Gasteiger partial charge in [-0.25, -0.2) is 0 Å². The van der Waals surface area contributed by atoms with Gasteiger partial charge in [0.05, 0.1) is 0 Å². The average Bonchev–Trinajstić information content (AvgIpc) is 2.93. The van der Waals surface area contributed by atoms with Gasteiger partial charge in [-0.2, -0.15) is 11.3 Å². The molecule has 3 nitrogen and oxygen atoms in total. The van der Waals surface area contributed by atoms with Gasteiger partial charge in [0, 0.05) is 25.0 Å². The molecule has 2 fully saturated rings. The molecule has 3 heterocycles. The molecule has 0 aliphatic carbocycles. The lowest BCUT2D eigenvalue weighted by molar-refractivity contribution is -0.138. The number of carboxylic acids is 1. The van der Waals surface area contributed by atoms with Crippen LogP contribution in [-0.4, -0.2) is 34.6 Å².